The zero-order chi connectivity index (χ0) is 30.8. The van der Waals surface area contributed by atoms with Crippen molar-refractivity contribution in [3.05, 3.63) is 105 Å². The normalized spacial score (nSPS) is 19.7. The van der Waals surface area contributed by atoms with Crippen LogP contribution in [0.15, 0.2) is 65.8 Å². The van der Waals surface area contributed by atoms with Gasteiger partial charge in [0.2, 0.25) is 0 Å². The Kier molecular flexibility index (Phi) is 6.66. The summed E-state index contributed by atoms with van der Waals surface area (Å²) in [6.45, 7) is 1.73. The monoisotopic (exact) mass is 600 g/mol. The average molecular weight is 600 g/mol. The molecule has 2 heterocycles. The Morgan fingerprint density at radius 1 is 0.833 bits per heavy atom. The maximum atomic E-state index is 14.4. The van der Waals surface area contributed by atoms with Crippen molar-refractivity contribution in [1.29, 1.82) is 0 Å². The van der Waals surface area contributed by atoms with Crippen LogP contribution in [0.3, 0.4) is 0 Å². The number of carbonyl (C=O) groups is 2. The number of amides is 2. The first-order valence-electron chi connectivity index (χ1n) is 12.1. The summed E-state index contributed by atoms with van der Waals surface area (Å²) in [6.07, 6.45) is -17.4. The van der Waals surface area contributed by atoms with Gasteiger partial charge in [0.25, 0.3) is 17.4 Å². The molecule has 0 saturated heterocycles. The molecule has 0 fully saturated rings. The molecular weight excluding hydrogens is 583 g/mol. The highest BCUT2D eigenvalue weighted by atomic mass is 19.4. The largest absolute Gasteiger partial charge is 0.435 e. The fourth-order valence-electron chi connectivity index (χ4n) is 5.00. The minimum Gasteiger partial charge on any atom is -0.374 e. The van der Waals surface area contributed by atoms with Crippen LogP contribution in [0, 0.1) is 0 Å². The first-order chi connectivity index (χ1) is 19.4. The summed E-state index contributed by atoms with van der Waals surface area (Å²) < 4.78 is 123. The lowest BCUT2D eigenvalue weighted by Crippen LogP contribution is -2.43. The molecule has 2 amide bonds. The number of alkyl halides is 9. The Morgan fingerprint density at radius 3 is 1.98 bits per heavy atom. The molecular formula is C28H17F9N2O3. The number of nitrogens with one attached hydrogen (secondary N) is 1. The minimum absolute atomic E-state index is 0.0227. The third-order valence-corrected chi connectivity index (χ3v) is 7.25. The summed E-state index contributed by atoms with van der Waals surface area (Å²) in [4.78, 5) is 28.9. The molecule has 0 radical (unpaired) electrons. The van der Waals surface area contributed by atoms with E-state index < -0.39 is 65.0 Å². The lowest BCUT2D eigenvalue weighted by atomic mass is 9.84. The number of oxime groups is 1. The van der Waals surface area contributed by atoms with Crippen LogP contribution < -0.4 is 5.32 Å². The average Bonchev–Trinajstić information content (AvgIpc) is 3.49. The standard InChI is InChI=1S/C28H17F9N2O3/c1-13(19-3-2-4-20-22(19)24(41)38-23(20)40)14-5-7-15(8-6-14)21-12-25(42-39-21,28(35,36)37)16-9-17(26(29,30)31)11-18(10-16)27(32,33)34/h2-11,13H,12H2,1H3,(H,38,40,41). The number of fused-ring (bicyclic) bond motifs is 1. The number of imide groups is 1. The molecule has 2 aliphatic heterocycles. The fourth-order valence-corrected chi connectivity index (χ4v) is 5.00. The molecule has 1 N–H and O–H groups in total. The third kappa shape index (κ3) is 4.88. The van der Waals surface area contributed by atoms with Gasteiger partial charge in [0, 0.05) is 17.9 Å². The molecule has 0 aliphatic carbocycles. The van der Waals surface area contributed by atoms with E-state index in [4.69, 9.17) is 0 Å². The lowest BCUT2D eigenvalue weighted by Gasteiger charge is -2.30. The molecule has 2 aliphatic rings. The van der Waals surface area contributed by atoms with Gasteiger partial charge in [-0.15, -0.1) is 0 Å². The SMILES string of the molecule is CC(c1ccc(C2=NOC(c3cc(C(F)(F)F)cc(C(F)(F)F)c3)(C(F)(F)F)C2)cc1)c1cccc2c1C(=O)NC2=O. The number of rotatable bonds is 4. The Labute approximate surface area is 231 Å². The Morgan fingerprint density at radius 2 is 1.43 bits per heavy atom. The van der Waals surface area contributed by atoms with Gasteiger partial charge in [-0.25, -0.2) is 0 Å². The van der Waals surface area contributed by atoms with Crippen LogP contribution in [0.25, 0.3) is 0 Å². The van der Waals surface area contributed by atoms with Crippen LogP contribution >= 0.6 is 0 Å². The van der Waals surface area contributed by atoms with Crippen LogP contribution in [0.1, 0.15) is 73.4 Å². The van der Waals surface area contributed by atoms with Gasteiger partial charge in [0.05, 0.1) is 28.0 Å². The smallest absolute Gasteiger partial charge is 0.374 e. The van der Waals surface area contributed by atoms with Crippen molar-refractivity contribution in [2.75, 3.05) is 0 Å². The second-order valence-corrected chi connectivity index (χ2v) is 9.82. The van der Waals surface area contributed by atoms with Gasteiger partial charge in [0.15, 0.2) is 0 Å². The number of hydrogen-bond acceptors (Lipinski definition) is 4. The first kappa shape index (κ1) is 29.1. The summed E-state index contributed by atoms with van der Waals surface area (Å²) in [5, 5.41) is 5.64. The van der Waals surface area contributed by atoms with Crippen LogP contribution in [0.2, 0.25) is 0 Å². The van der Waals surface area contributed by atoms with E-state index in [9.17, 15) is 49.1 Å². The molecule has 220 valence electrons. The van der Waals surface area contributed by atoms with Gasteiger partial charge in [-0.05, 0) is 41.0 Å². The van der Waals surface area contributed by atoms with E-state index in [1.54, 1.807) is 19.1 Å². The van der Waals surface area contributed by atoms with Gasteiger partial charge in [-0.3, -0.25) is 14.9 Å². The van der Waals surface area contributed by atoms with Gasteiger partial charge in [0.1, 0.15) is 0 Å². The Balaban J connectivity index is 1.48. The van der Waals surface area contributed by atoms with E-state index in [0.717, 1.165) is 0 Å². The zero-order valence-corrected chi connectivity index (χ0v) is 21.1. The van der Waals surface area contributed by atoms with Crippen LogP contribution in [0.4, 0.5) is 39.5 Å². The molecule has 0 spiro atoms. The van der Waals surface area contributed by atoms with E-state index in [2.05, 4.69) is 15.3 Å². The maximum Gasteiger partial charge on any atom is 0.435 e. The summed E-state index contributed by atoms with van der Waals surface area (Å²) >= 11 is 0. The lowest BCUT2D eigenvalue weighted by molar-refractivity contribution is -0.276. The van der Waals surface area contributed by atoms with Gasteiger partial charge in [-0.1, -0.05) is 48.5 Å². The van der Waals surface area contributed by atoms with E-state index in [1.165, 1.54) is 30.3 Å². The van der Waals surface area contributed by atoms with Crippen molar-refractivity contribution in [3.8, 4) is 0 Å². The second-order valence-electron chi connectivity index (χ2n) is 9.82. The van der Waals surface area contributed by atoms with Crippen LogP contribution in [-0.2, 0) is 22.8 Å². The molecule has 0 bridgehead atoms. The van der Waals surface area contributed by atoms with Crippen LogP contribution in [-0.4, -0.2) is 23.7 Å². The van der Waals surface area contributed by atoms with Crippen molar-refractivity contribution in [2.45, 2.75) is 43.4 Å². The quantitative estimate of drug-likeness (QED) is 0.252. The number of benzene rings is 3. The molecule has 3 aromatic carbocycles. The highest BCUT2D eigenvalue weighted by Gasteiger charge is 2.63. The van der Waals surface area contributed by atoms with Gasteiger partial charge < -0.3 is 4.84 Å². The number of nitrogens with zero attached hydrogens (tertiary/aromatic N) is 1. The number of hydrogen-bond donors (Lipinski definition) is 1. The van der Waals surface area contributed by atoms with Gasteiger partial charge >= 0.3 is 18.5 Å². The highest BCUT2D eigenvalue weighted by Crippen LogP contribution is 2.51. The highest BCUT2D eigenvalue weighted by molar-refractivity contribution is 6.22. The first-order valence-corrected chi connectivity index (χ1v) is 12.1. The second kappa shape index (κ2) is 9.60. The van der Waals surface area contributed by atoms with Gasteiger partial charge in [-0.2, -0.15) is 39.5 Å². The third-order valence-electron chi connectivity index (χ3n) is 7.25. The van der Waals surface area contributed by atoms with E-state index in [1.807, 2.05) is 0 Å². The molecule has 2 unspecified atom stereocenters. The van der Waals surface area contributed by atoms with E-state index >= 15 is 0 Å². The molecule has 0 aromatic heterocycles. The van der Waals surface area contributed by atoms with Crippen molar-refractivity contribution in [1.82, 2.24) is 5.32 Å². The van der Waals surface area contributed by atoms with Crippen molar-refractivity contribution >= 4 is 17.5 Å². The molecule has 0 saturated carbocycles. The summed E-state index contributed by atoms with van der Waals surface area (Å²) in [5.74, 6) is -1.57. The predicted molar refractivity (Wildman–Crippen MR) is 129 cm³/mol. The summed E-state index contributed by atoms with van der Waals surface area (Å²) in [5.41, 5.74) is -7.63. The Hall–Kier alpha value is -4.36. The van der Waals surface area contributed by atoms with Crippen molar-refractivity contribution in [2.24, 2.45) is 5.16 Å². The molecule has 42 heavy (non-hydrogen) atoms. The van der Waals surface area contributed by atoms with E-state index in [-0.39, 0.29) is 40.6 Å². The zero-order valence-electron chi connectivity index (χ0n) is 21.1. The molecule has 2 atom stereocenters. The van der Waals surface area contributed by atoms with Crippen molar-refractivity contribution < 1.29 is 53.9 Å². The summed E-state index contributed by atoms with van der Waals surface area (Å²) in [7, 11) is 0. The molecule has 5 nitrogen and oxygen atoms in total. The number of carbonyl (C=O) groups excluding carboxylic acids is 2. The molecule has 14 heteroatoms. The maximum absolute atomic E-state index is 14.4. The predicted octanol–water partition coefficient (Wildman–Crippen LogP) is 7.34. The topological polar surface area (TPSA) is 67.8 Å². The Bertz CT molecular complexity index is 1590. The summed E-state index contributed by atoms with van der Waals surface area (Å²) in [6, 6.07) is 10.2. The molecule has 5 rings (SSSR count). The fraction of sp³-hybridized carbons (Fsp3) is 0.250. The van der Waals surface area contributed by atoms with Crippen molar-refractivity contribution in [3.63, 3.8) is 0 Å². The van der Waals surface area contributed by atoms with E-state index in [0.29, 0.717) is 11.1 Å². The van der Waals surface area contributed by atoms with Crippen LogP contribution in [0.5, 0.6) is 0 Å². The minimum atomic E-state index is -5.45. The molecule has 3 aromatic rings. The number of halogens is 9.